The molecular formula is C17H26N2O2. The summed E-state index contributed by atoms with van der Waals surface area (Å²) in [6, 6.07) is 10.2. The quantitative estimate of drug-likeness (QED) is 0.804. The molecule has 1 heterocycles. The predicted molar refractivity (Wildman–Crippen MR) is 84.2 cm³/mol. The Morgan fingerprint density at radius 1 is 1.38 bits per heavy atom. The third-order valence-electron chi connectivity index (χ3n) is 4.09. The Balaban J connectivity index is 1.67. The van der Waals surface area contributed by atoms with Crippen LogP contribution in [0.4, 0.5) is 0 Å². The number of carbonyl (C=O) groups is 1. The average molecular weight is 290 g/mol. The van der Waals surface area contributed by atoms with Gasteiger partial charge in [-0.05, 0) is 17.9 Å². The summed E-state index contributed by atoms with van der Waals surface area (Å²) in [7, 11) is 0. The fraction of sp³-hybridized carbons (Fsp3) is 0.588. The minimum Gasteiger partial charge on any atom is -0.387 e. The number of amides is 1. The molecule has 4 nitrogen and oxygen atoms in total. The molecule has 2 N–H and O–H groups in total. The highest BCUT2D eigenvalue weighted by Gasteiger charge is 2.40. The van der Waals surface area contributed by atoms with Crippen LogP contribution in [0.2, 0.25) is 0 Å². The van der Waals surface area contributed by atoms with E-state index in [0.29, 0.717) is 32.1 Å². The van der Waals surface area contributed by atoms with Gasteiger partial charge in [-0.3, -0.25) is 9.69 Å². The Labute approximate surface area is 127 Å². The van der Waals surface area contributed by atoms with Crippen molar-refractivity contribution in [2.45, 2.75) is 38.2 Å². The number of likely N-dealkylation sites (tertiary alicyclic amines) is 1. The first-order valence-corrected chi connectivity index (χ1v) is 7.79. The van der Waals surface area contributed by atoms with E-state index in [-0.39, 0.29) is 5.91 Å². The summed E-state index contributed by atoms with van der Waals surface area (Å²) in [5, 5.41) is 13.1. The molecule has 4 heteroatoms. The zero-order valence-corrected chi connectivity index (χ0v) is 13.0. The van der Waals surface area contributed by atoms with Crippen LogP contribution in [0.15, 0.2) is 30.3 Å². The van der Waals surface area contributed by atoms with Gasteiger partial charge in [-0.15, -0.1) is 0 Å². The fourth-order valence-corrected chi connectivity index (χ4v) is 2.95. The largest absolute Gasteiger partial charge is 0.387 e. The predicted octanol–water partition coefficient (Wildman–Crippen LogP) is 1.75. The van der Waals surface area contributed by atoms with E-state index < -0.39 is 5.60 Å². The van der Waals surface area contributed by atoms with Crippen LogP contribution in [0.3, 0.4) is 0 Å². The zero-order valence-electron chi connectivity index (χ0n) is 13.0. The van der Waals surface area contributed by atoms with E-state index in [1.807, 2.05) is 23.1 Å². The molecule has 2 rings (SSSR count). The maximum absolute atomic E-state index is 11.9. The van der Waals surface area contributed by atoms with Gasteiger partial charge in [-0.1, -0.05) is 50.6 Å². The number of nitrogens with one attached hydrogen (secondary N) is 1. The van der Waals surface area contributed by atoms with Crippen LogP contribution in [-0.4, -0.2) is 47.7 Å². The maximum Gasteiger partial charge on any atom is 0.234 e. The van der Waals surface area contributed by atoms with Crippen LogP contribution in [0, 0.1) is 0 Å². The molecule has 0 saturated carbocycles. The molecule has 21 heavy (non-hydrogen) atoms. The van der Waals surface area contributed by atoms with Gasteiger partial charge in [0.2, 0.25) is 5.91 Å². The topological polar surface area (TPSA) is 52.6 Å². The summed E-state index contributed by atoms with van der Waals surface area (Å²) >= 11 is 0. The Bertz CT molecular complexity index is 455. The van der Waals surface area contributed by atoms with E-state index in [9.17, 15) is 9.90 Å². The molecule has 1 aromatic carbocycles. The maximum atomic E-state index is 11.9. The highest BCUT2D eigenvalue weighted by Crippen LogP contribution is 2.25. The number of rotatable bonds is 7. The third-order valence-corrected chi connectivity index (χ3v) is 4.09. The number of nitrogens with zero attached hydrogens (tertiary/aromatic N) is 1. The molecule has 1 amide bonds. The van der Waals surface area contributed by atoms with Gasteiger partial charge in [0, 0.05) is 19.6 Å². The lowest BCUT2D eigenvalue weighted by Crippen LogP contribution is -2.63. The molecule has 0 spiro atoms. The van der Waals surface area contributed by atoms with Gasteiger partial charge in [-0.25, -0.2) is 0 Å². The standard InChI is InChI=1S/C17H26N2O2/c1-3-9-17(21)12-19(13-17)11-16(20)18-10-14(2)15-7-5-4-6-8-15/h4-8,14,21H,3,9-13H2,1-2H3,(H,18,20). The molecule has 1 aliphatic heterocycles. The molecule has 1 aromatic rings. The SMILES string of the molecule is CCCC1(O)CN(CC(=O)NCC(C)c2ccccc2)C1. The lowest BCUT2D eigenvalue weighted by atomic mass is 9.89. The number of aliphatic hydroxyl groups is 1. The van der Waals surface area contributed by atoms with Crippen LogP contribution < -0.4 is 5.32 Å². The van der Waals surface area contributed by atoms with Gasteiger partial charge >= 0.3 is 0 Å². The molecule has 1 fully saturated rings. The average Bonchev–Trinajstić information content (AvgIpc) is 2.44. The lowest BCUT2D eigenvalue weighted by Gasteiger charge is -2.46. The summed E-state index contributed by atoms with van der Waals surface area (Å²) < 4.78 is 0. The van der Waals surface area contributed by atoms with Crippen LogP contribution in [-0.2, 0) is 4.79 Å². The summed E-state index contributed by atoms with van der Waals surface area (Å²) in [4.78, 5) is 13.9. The molecule has 1 saturated heterocycles. The van der Waals surface area contributed by atoms with Gasteiger partial charge in [0.15, 0.2) is 0 Å². The van der Waals surface area contributed by atoms with Gasteiger partial charge in [-0.2, -0.15) is 0 Å². The Kier molecular flexibility index (Phi) is 5.37. The van der Waals surface area contributed by atoms with Gasteiger partial charge in [0.25, 0.3) is 0 Å². The van der Waals surface area contributed by atoms with Crippen molar-refractivity contribution in [2.24, 2.45) is 0 Å². The molecule has 0 aromatic heterocycles. The van der Waals surface area contributed by atoms with Crippen molar-refractivity contribution in [1.29, 1.82) is 0 Å². The molecule has 0 bridgehead atoms. The van der Waals surface area contributed by atoms with Crippen molar-refractivity contribution >= 4 is 5.91 Å². The molecular weight excluding hydrogens is 264 g/mol. The highest BCUT2D eigenvalue weighted by atomic mass is 16.3. The van der Waals surface area contributed by atoms with Gasteiger partial charge in [0.1, 0.15) is 0 Å². The first-order valence-electron chi connectivity index (χ1n) is 7.79. The molecule has 1 unspecified atom stereocenters. The monoisotopic (exact) mass is 290 g/mol. The van der Waals surface area contributed by atoms with Crippen molar-refractivity contribution in [3.05, 3.63) is 35.9 Å². The van der Waals surface area contributed by atoms with Gasteiger partial charge < -0.3 is 10.4 Å². The van der Waals surface area contributed by atoms with Gasteiger partial charge in [0.05, 0.1) is 12.1 Å². The number of β-amino-alcohol motifs (C(OH)–C–C–N with tert-alkyl or cyclic N) is 1. The molecule has 1 aliphatic rings. The molecule has 0 aliphatic carbocycles. The smallest absolute Gasteiger partial charge is 0.234 e. The second-order valence-electron chi connectivity index (χ2n) is 6.24. The summed E-state index contributed by atoms with van der Waals surface area (Å²) in [6.45, 7) is 6.44. The number of benzene rings is 1. The summed E-state index contributed by atoms with van der Waals surface area (Å²) in [5.41, 5.74) is 0.672. The first-order chi connectivity index (χ1) is 10.0. The second kappa shape index (κ2) is 7.05. The van der Waals surface area contributed by atoms with E-state index >= 15 is 0 Å². The highest BCUT2D eigenvalue weighted by molar-refractivity contribution is 5.78. The van der Waals surface area contributed by atoms with E-state index in [2.05, 4.69) is 31.3 Å². The van der Waals surface area contributed by atoms with Crippen molar-refractivity contribution in [3.63, 3.8) is 0 Å². The Morgan fingerprint density at radius 2 is 2.05 bits per heavy atom. The minimum atomic E-state index is -0.563. The minimum absolute atomic E-state index is 0.0383. The van der Waals surface area contributed by atoms with Crippen molar-refractivity contribution in [1.82, 2.24) is 10.2 Å². The normalized spacial score (nSPS) is 18.8. The van der Waals surface area contributed by atoms with Crippen LogP contribution in [0.1, 0.15) is 38.2 Å². The third kappa shape index (κ3) is 4.55. The fourth-order valence-electron chi connectivity index (χ4n) is 2.95. The molecule has 116 valence electrons. The molecule has 1 atom stereocenters. The lowest BCUT2D eigenvalue weighted by molar-refractivity contribution is -0.133. The van der Waals surface area contributed by atoms with Crippen molar-refractivity contribution in [3.8, 4) is 0 Å². The van der Waals surface area contributed by atoms with E-state index in [1.54, 1.807) is 0 Å². The van der Waals surface area contributed by atoms with Crippen LogP contribution in [0.25, 0.3) is 0 Å². The van der Waals surface area contributed by atoms with E-state index in [0.717, 1.165) is 12.8 Å². The van der Waals surface area contributed by atoms with E-state index in [1.165, 1.54) is 5.56 Å². The summed E-state index contributed by atoms with van der Waals surface area (Å²) in [6.07, 6.45) is 1.79. The number of hydrogen-bond donors (Lipinski definition) is 2. The van der Waals surface area contributed by atoms with Crippen molar-refractivity contribution < 1.29 is 9.90 Å². The molecule has 0 radical (unpaired) electrons. The first kappa shape index (κ1) is 16.0. The van der Waals surface area contributed by atoms with Crippen LogP contribution >= 0.6 is 0 Å². The Hall–Kier alpha value is -1.39. The zero-order chi connectivity index (χ0) is 15.3. The van der Waals surface area contributed by atoms with E-state index in [4.69, 9.17) is 0 Å². The Morgan fingerprint density at radius 3 is 2.67 bits per heavy atom. The second-order valence-corrected chi connectivity index (χ2v) is 6.24. The van der Waals surface area contributed by atoms with Crippen LogP contribution in [0.5, 0.6) is 0 Å². The number of hydrogen-bond acceptors (Lipinski definition) is 3. The summed E-state index contributed by atoms with van der Waals surface area (Å²) in [5.74, 6) is 0.347. The number of carbonyl (C=O) groups excluding carboxylic acids is 1. The van der Waals surface area contributed by atoms with Crippen molar-refractivity contribution in [2.75, 3.05) is 26.2 Å².